The number of ether oxygens (including phenoxy) is 2. The number of carbonyl (C=O) groups is 1. The van der Waals surface area contributed by atoms with Gasteiger partial charge in [0.1, 0.15) is 18.1 Å². The Kier molecular flexibility index (Phi) is 5.48. The lowest BCUT2D eigenvalue weighted by atomic mass is 10.2. The summed E-state index contributed by atoms with van der Waals surface area (Å²) in [5.74, 6) is 0.188. The fourth-order valence-electron chi connectivity index (χ4n) is 2.95. The van der Waals surface area contributed by atoms with E-state index >= 15 is 0 Å². The highest BCUT2D eigenvalue weighted by atomic mass is 19.4. The van der Waals surface area contributed by atoms with Crippen molar-refractivity contribution in [3.63, 3.8) is 0 Å². The van der Waals surface area contributed by atoms with Gasteiger partial charge >= 0.3 is 6.36 Å². The summed E-state index contributed by atoms with van der Waals surface area (Å²) in [7, 11) is 0. The Bertz CT molecular complexity index is 1210. The van der Waals surface area contributed by atoms with E-state index in [9.17, 15) is 18.0 Å². The van der Waals surface area contributed by atoms with Crippen LogP contribution in [-0.2, 0) is 6.61 Å². The number of fused-ring (bicyclic) bond motifs is 1. The third-order valence-electron chi connectivity index (χ3n) is 4.34. The van der Waals surface area contributed by atoms with Crippen LogP contribution < -0.4 is 14.8 Å². The fraction of sp³-hybridized carbons (Fsp3) is 0.0909. The molecule has 0 aliphatic heterocycles. The maximum Gasteiger partial charge on any atom is 0.573 e. The molecule has 0 aliphatic rings. The van der Waals surface area contributed by atoms with Crippen molar-refractivity contribution in [1.82, 2.24) is 10.2 Å². The first kappa shape index (κ1) is 20.3. The third kappa shape index (κ3) is 5.13. The summed E-state index contributed by atoms with van der Waals surface area (Å²) in [6.45, 7) is 0.0319. The maximum atomic E-state index is 12.4. The summed E-state index contributed by atoms with van der Waals surface area (Å²) in [4.78, 5) is 12.4. The van der Waals surface area contributed by atoms with Gasteiger partial charge in [-0.15, -0.1) is 13.2 Å². The lowest BCUT2D eigenvalue weighted by Crippen LogP contribution is -2.17. The zero-order valence-electron chi connectivity index (χ0n) is 15.9. The van der Waals surface area contributed by atoms with Crippen molar-refractivity contribution >= 4 is 22.6 Å². The average Bonchev–Trinajstić information content (AvgIpc) is 3.14. The van der Waals surface area contributed by atoms with E-state index in [2.05, 4.69) is 20.3 Å². The molecule has 6 nitrogen and oxygen atoms in total. The number of anilines is 1. The molecule has 158 valence electrons. The van der Waals surface area contributed by atoms with E-state index in [-0.39, 0.29) is 18.3 Å². The smallest absolute Gasteiger partial charge is 0.489 e. The molecule has 1 aromatic heterocycles. The van der Waals surface area contributed by atoms with Crippen LogP contribution in [0.5, 0.6) is 11.5 Å². The first-order chi connectivity index (χ1) is 14.9. The van der Waals surface area contributed by atoms with E-state index in [0.717, 1.165) is 0 Å². The highest BCUT2D eigenvalue weighted by Gasteiger charge is 2.31. The fourth-order valence-corrected chi connectivity index (χ4v) is 2.95. The first-order valence-corrected chi connectivity index (χ1v) is 9.19. The third-order valence-corrected chi connectivity index (χ3v) is 4.34. The Balaban J connectivity index is 1.48. The number of alkyl halides is 3. The molecule has 0 radical (unpaired) electrons. The van der Waals surface area contributed by atoms with Crippen LogP contribution in [0.4, 0.5) is 19.0 Å². The Morgan fingerprint density at radius 1 is 0.968 bits per heavy atom. The van der Waals surface area contributed by atoms with Crippen molar-refractivity contribution in [2.45, 2.75) is 13.0 Å². The highest BCUT2D eigenvalue weighted by molar-refractivity contribution is 6.07. The molecule has 31 heavy (non-hydrogen) atoms. The summed E-state index contributed by atoms with van der Waals surface area (Å²) in [6.07, 6.45) is -4.76. The van der Waals surface area contributed by atoms with Gasteiger partial charge in [-0.3, -0.25) is 9.89 Å². The Labute approximate surface area is 174 Å². The summed E-state index contributed by atoms with van der Waals surface area (Å²) >= 11 is 0. The number of carbonyl (C=O) groups excluding carboxylic acids is 1. The van der Waals surface area contributed by atoms with Crippen LogP contribution in [0.3, 0.4) is 0 Å². The second-order valence-corrected chi connectivity index (χ2v) is 6.58. The molecule has 4 aromatic rings. The van der Waals surface area contributed by atoms with E-state index in [4.69, 9.17) is 4.74 Å². The molecule has 4 rings (SSSR count). The molecule has 0 spiro atoms. The number of hydrogen-bond acceptors (Lipinski definition) is 4. The molecule has 0 atom stereocenters. The quantitative estimate of drug-likeness (QED) is 0.438. The van der Waals surface area contributed by atoms with Crippen molar-refractivity contribution in [3.8, 4) is 11.5 Å². The minimum atomic E-state index is -4.76. The van der Waals surface area contributed by atoms with Crippen LogP contribution in [0.2, 0.25) is 0 Å². The molecule has 0 aliphatic carbocycles. The van der Waals surface area contributed by atoms with Gasteiger partial charge in [0, 0.05) is 10.9 Å². The molecule has 2 N–H and O–H groups in total. The van der Waals surface area contributed by atoms with Gasteiger partial charge in [0.05, 0.1) is 5.52 Å². The minimum Gasteiger partial charge on any atom is -0.489 e. The predicted molar refractivity (Wildman–Crippen MR) is 108 cm³/mol. The van der Waals surface area contributed by atoms with Crippen molar-refractivity contribution in [3.05, 3.63) is 83.9 Å². The second-order valence-electron chi connectivity index (χ2n) is 6.58. The molecular formula is C22H16F3N3O3. The van der Waals surface area contributed by atoms with Crippen LogP contribution in [0, 0.1) is 0 Å². The minimum absolute atomic E-state index is 0.0319. The summed E-state index contributed by atoms with van der Waals surface area (Å²) in [5.41, 5.74) is 1.69. The van der Waals surface area contributed by atoms with Crippen LogP contribution in [-0.4, -0.2) is 22.5 Å². The van der Waals surface area contributed by atoms with Gasteiger partial charge in [-0.05, 0) is 48.0 Å². The topological polar surface area (TPSA) is 76.2 Å². The molecule has 0 unspecified atom stereocenters. The Morgan fingerprint density at radius 3 is 2.55 bits per heavy atom. The van der Waals surface area contributed by atoms with Crippen LogP contribution >= 0.6 is 0 Å². The van der Waals surface area contributed by atoms with Crippen LogP contribution in [0.1, 0.15) is 15.9 Å². The highest BCUT2D eigenvalue weighted by Crippen LogP contribution is 2.27. The standard InChI is InChI=1S/C22H16F3N3O3/c23-22(24,25)31-17-8-4-5-14(11-17)13-30-16-9-10-19-18(12-16)20(28-27-19)26-21(29)15-6-2-1-3-7-15/h1-12H,13H2,(H2,26,27,28,29). The van der Waals surface area contributed by atoms with E-state index in [1.54, 1.807) is 48.5 Å². The number of aromatic nitrogens is 2. The van der Waals surface area contributed by atoms with Crippen LogP contribution in [0.25, 0.3) is 10.9 Å². The number of amides is 1. The van der Waals surface area contributed by atoms with Gasteiger partial charge < -0.3 is 14.8 Å². The van der Waals surface area contributed by atoms with Gasteiger partial charge in [-0.2, -0.15) is 5.10 Å². The number of nitrogens with zero attached hydrogens (tertiary/aromatic N) is 1. The number of H-pyrrole nitrogens is 1. The molecule has 0 bridgehead atoms. The number of rotatable bonds is 6. The summed E-state index contributed by atoms with van der Waals surface area (Å²) in [5, 5.41) is 10.3. The van der Waals surface area contributed by atoms with E-state index in [0.29, 0.717) is 33.6 Å². The second kappa shape index (κ2) is 8.39. The molecule has 0 saturated heterocycles. The van der Waals surface area contributed by atoms with Gasteiger partial charge in [-0.1, -0.05) is 30.3 Å². The van der Waals surface area contributed by atoms with Crippen LogP contribution in [0.15, 0.2) is 72.8 Å². The predicted octanol–water partition coefficient (Wildman–Crippen LogP) is 5.29. The number of nitrogens with one attached hydrogen (secondary N) is 2. The van der Waals surface area contributed by atoms with Crippen molar-refractivity contribution in [2.24, 2.45) is 0 Å². The van der Waals surface area contributed by atoms with Crippen molar-refractivity contribution in [1.29, 1.82) is 0 Å². The van der Waals surface area contributed by atoms with Gasteiger partial charge in [0.15, 0.2) is 5.82 Å². The van der Waals surface area contributed by atoms with Gasteiger partial charge in [-0.25, -0.2) is 0 Å². The maximum absolute atomic E-state index is 12.4. The molecule has 0 saturated carbocycles. The SMILES string of the molecule is O=C(Nc1n[nH]c2ccc(OCc3cccc(OC(F)(F)F)c3)cc12)c1ccccc1. The molecule has 9 heteroatoms. The number of aromatic amines is 1. The molecule has 1 amide bonds. The van der Waals surface area contributed by atoms with E-state index in [1.807, 2.05) is 6.07 Å². The first-order valence-electron chi connectivity index (χ1n) is 9.19. The lowest BCUT2D eigenvalue weighted by Gasteiger charge is -2.11. The normalized spacial score (nSPS) is 11.3. The number of benzene rings is 3. The van der Waals surface area contributed by atoms with E-state index < -0.39 is 6.36 Å². The average molecular weight is 427 g/mol. The Hall–Kier alpha value is -4.01. The largest absolute Gasteiger partial charge is 0.573 e. The number of halogens is 3. The zero-order valence-corrected chi connectivity index (χ0v) is 15.9. The molecule has 1 heterocycles. The lowest BCUT2D eigenvalue weighted by molar-refractivity contribution is -0.274. The Morgan fingerprint density at radius 2 is 1.77 bits per heavy atom. The van der Waals surface area contributed by atoms with Crippen molar-refractivity contribution in [2.75, 3.05) is 5.32 Å². The molecule has 3 aromatic carbocycles. The van der Waals surface area contributed by atoms with Gasteiger partial charge in [0.2, 0.25) is 0 Å². The molecule has 0 fully saturated rings. The van der Waals surface area contributed by atoms with E-state index in [1.165, 1.54) is 18.2 Å². The monoisotopic (exact) mass is 427 g/mol. The molecular weight excluding hydrogens is 411 g/mol. The summed E-state index contributed by atoms with van der Waals surface area (Å²) in [6, 6.07) is 19.4. The van der Waals surface area contributed by atoms with Gasteiger partial charge in [0.25, 0.3) is 5.91 Å². The van der Waals surface area contributed by atoms with Crippen molar-refractivity contribution < 1.29 is 27.4 Å². The number of hydrogen-bond donors (Lipinski definition) is 2. The summed E-state index contributed by atoms with van der Waals surface area (Å²) < 4.78 is 46.8. The zero-order chi connectivity index (χ0) is 21.8.